The van der Waals surface area contributed by atoms with Crippen LogP contribution in [0.25, 0.3) is 6.08 Å². The summed E-state index contributed by atoms with van der Waals surface area (Å²) in [5.41, 5.74) is 0.759. The summed E-state index contributed by atoms with van der Waals surface area (Å²) in [5, 5.41) is 15.0. The van der Waals surface area contributed by atoms with Crippen LogP contribution in [0.5, 0.6) is 0 Å². The van der Waals surface area contributed by atoms with Gasteiger partial charge in [-0.05, 0) is 62.3 Å². The van der Waals surface area contributed by atoms with Crippen LogP contribution in [0, 0.1) is 11.3 Å². The van der Waals surface area contributed by atoms with Gasteiger partial charge in [-0.25, -0.2) is 0 Å². The lowest BCUT2D eigenvalue weighted by atomic mass is 10.00. The molecule has 0 spiro atoms. The van der Waals surface area contributed by atoms with Gasteiger partial charge in [0.1, 0.15) is 5.54 Å². The van der Waals surface area contributed by atoms with Crippen molar-refractivity contribution in [1.29, 1.82) is 5.26 Å². The third-order valence-electron chi connectivity index (χ3n) is 4.55. The van der Waals surface area contributed by atoms with Crippen LogP contribution < -0.4 is 10.6 Å². The van der Waals surface area contributed by atoms with Crippen LogP contribution in [0.2, 0.25) is 0 Å². The van der Waals surface area contributed by atoms with E-state index in [2.05, 4.69) is 16.7 Å². The van der Waals surface area contributed by atoms with Gasteiger partial charge >= 0.3 is 0 Å². The Morgan fingerprint density at radius 2 is 1.83 bits per heavy atom. The third-order valence-corrected chi connectivity index (χ3v) is 4.55. The quantitative estimate of drug-likeness (QED) is 0.817. The fourth-order valence-electron chi connectivity index (χ4n) is 2.93. The van der Waals surface area contributed by atoms with E-state index in [0.717, 1.165) is 31.2 Å². The minimum Gasteiger partial charge on any atom is -0.349 e. The first-order valence-corrected chi connectivity index (χ1v) is 8.43. The number of rotatable bonds is 5. The second kappa shape index (κ2) is 6.88. The Balaban J connectivity index is 1.56. The molecule has 0 unspecified atom stereocenters. The highest BCUT2D eigenvalue weighted by atomic mass is 16.2. The smallest absolute Gasteiger partial charge is 0.251 e. The van der Waals surface area contributed by atoms with Crippen molar-refractivity contribution < 1.29 is 9.59 Å². The molecule has 5 nitrogen and oxygen atoms in total. The van der Waals surface area contributed by atoms with Gasteiger partial charge in [0.2, 0.25) is 5.91 Å². The zero-order chi connectivity index (χ0) is 17.0. The van der Waals surface area contributed by atoms with Crippen molar-refractivity contribution in [3.63, 3.8) is 0 Å². The molecule has 2 N–H and O–H groups in total. The monoisotopic (exact) mass is 323 g/mol. The van der Waals surface area contributed by atoms with Crippen molar-refractivity contribution in [2.75, 3.05) is 0 Å². The zero-order valence-corrected chi connectivity index (χ0v) is 13.5. The molecular weight excluding hydrogens is 302 g/mol. The molecule has 1 aromatic rings. The van der Waals surface area contributed by atoms with E-state index in [4.69, 9.17) is 0 Å². The van der Waals surface area contributed by atoms with Crippen LogP contribution >= 0.6 is 0 Å². The second-order valence-corrected chi connectivity index (χ2v) is 6.59. The van der Waals surface area contributed by atoms with Crippen molar-refractivity contribution in [1.82, 2.24) is 10.6 Å². The van der Waals surface area contributed by atoms with Gasteiger partial charge in [-0.15, -0.1) is 0 Å². The maximum Gasteiger partial charge on any atom is 0.251 e. The SMILES string of the molecule is N#CC1(NC(=O)C=Cc2ccc(C(=O)NC3CC3)cc2)CCCC1. The first-order valence-electron chi connectivity index (χ1n) is 8.43. The normalized spacial score (nSPS) is 19.0. The first-order chi connectivity index (χ1) is 11.6. The van der Waals surface area contributed by atoms with E-state index in [0.29, 0.717) is 24.4 Å². The molecule has 5 heteroatoms. The number of hydrogen-bond donors (Lipinski definition) is 2. The molecule has 1 aromatic carbocycles. The molecule has 0 bridgehead atoms. The van der Waals surface area contributed by atoms with Crippen LogP contribution in [-0.2, 0) is 4.79 Å². The predicted octanol–water partition coefficient (Wildman–Crippen LogP) is 2.54. The number of nitrogens with zero attached hydrogens (tertiary/aromatic N) is 1. The molecule has 0 atom stereocenters. The van der Waals surface area contributed by atoms with Crippen molar-refractivity contribution in [2.45, 2.75) is 50.1 Å². The summed E-state index contributed by atoms with van der Waals surface area (Å²) in [7, 11) is 0. The number of carbonyl (C=O) groups is 2. The topological polar surface area (TPSA) is 82.0 Å². The minimum absolute atomic E-state index is 0.0528. The number of nitriles is 1. The highest BCUT2D eigenvalue weighted by Gasteiger charge is 2.34. The van der Waals surface area contributed by atoms with Gasteiger partial charge in [-0.3, -0.25) is 9.59 Å². The maximum absolute atomic E-state index is 12.0. The highest BCUT2D eigenvalue weighted by Crippen LogP contribution is 2.28. The number of carbonyl (C=O) groups excluding carboxylic acids is 2. The van der Waals surface area contributed by atoms with Crippen LogP contribution in [0.1, 0.15) is 54.4 Å². The van der Waals surface area contributed by atoms with E-state index < -0.39 is 5.54 Å². The van der Waals surface area contributed by atoms with Gasteiger partial charge < -0.3 is 10.6 Å². The molecule has 2 fully saturated rings. The van der Waals surface area contributed by atoms with Crippen molar-refractivity contribution in [2.24, 2.45) is 0 Å². The van der Waals surface area contributed by atoms with Crippen molar-refractivity contribution >= 4 is 17.9 Å². The summed E-state index contributed by atoms with van der Waals surface area (Å²) >= 11 is 0. The number of amides is 2. The molecule has 0 aliphatic heterocycles. The van der Waals surface area contributed by atoms with Crippen LogP contribution in [0.15, 0.2) is 30.3 Å². The molecule has 2 aliphatic carbocycles. The molecule has 24 heavy (non-hydrogen) atoms. The highest BCUT2D eigenvalue weighted by molar-refractivity contribution is 5.95. The Hall–Kier alpha value is -2.61. The summed E-state index contributed by atoms with van der Waals surface area (Å²) in [6.45, 7) is 0. The summed E-state index contributed by atoms with van der Waals surface area (Å²) in [6, 6.07) is 9.69. The fourth-order valence-corrected chi connectivity index (χ4v) is 2.93. The Morgan fingerprint density at radius 3 is 2.42 bits per heavy atom. The van der Waals surface area contributed by atoms with E-state index in [9.17, 15) is 14.9 Å². The molecule has 124 valence electrons. The van der Waals surface area contributed by atoms with Gasteiger partial charge in [-0.1, -0.05) is 12.1 Å². The van der Waals surface area contributed by atoms with Crippen LogP contribution in [0.3, 0.4) is 0 Å². The maximum atomic E-state index is 12.0. The lowest BCUT2D eigenvalue weighted by molar-refractivity contribution is -0.117. The average Bonchev–Trinajstić information content (AvgIpc) is 3.29. The summed E-state index contributed by atoms with van der Waals surface area (Å²) < 4.78 is 0. The summed E-state index contributed by atoms with van der Waals surface area (Å²) in [5.74, 6) is -0.308. The second-order valence-electron chi connectivity index (χ2n) is 6.59. The van der Waals surface area contributed by atoms with E-state index in [1.54, 1.807) is 30.3 Å². The van der Waals surface area contributed by atoms with Gasteiger partial charge in [0.15, 0.2) is 0 Å². The molecule has 2 aliphatic rings. The van der Waals surface area contributed by atoms with Gasteiger partial charge in [0.25, 0.3) is 5.91 Å². The average molecular weight is 323 g/mol. The van der Waals surface area contributed by atoms with Crippen molar-refractivity contribution in [3.8, 4) is 6.07 Å². The zero-order valence-electron chi connectivity index (χ0n) is 13.5. The Labute approximate surface area is 141 Å². The van der Waals surface area contributed by atoms with E-state index >= 15 is 0 Å². The Morgan fingerprint density at radius 1 is 1.17 bits per heavy atom. The Bertz CT molecular complexity index is 690. The van der Waals surface area contributed by atoms with Crippen molar-refractivity contribution in [3.05, 3.63) is 41.5 Å². The van der Waals surface area contributed by atoms with Gasteiger partial charge in [-0.2, -0.15) is 5.26 Å². The largest absolute Gasteiger partial charge is 0.349 e. The molecule has 2 amide bonds. The molecule has 0 heterocycles. The number of hydrogen-bond acceptors (Lipinski definition) is 3. The summed E-state index contributed by atoms with van der Waals surface area (Å²) in [4.78, 5) is 23.9. The molecule has 3 rings (SSSR count). The van der Waals surface area contributed by atoms with E-state index in [1.165, 1.54) is 6.08 Å². The molecule has 0 saturated heterocycles. The van der Waals surface area contributed by atoms with Crippen LogP contribution in [0.4, 0.5) is 0 Å². The first kappa shape index (κ1) is 16.3. The van der Waals surface area contributed by atoms with E-state index in [-0.39, 0.29) is 11.8 Å². The van der Waals surface area contributed by atoms with E-state index in [1.807, 2.05) is 0 Å². The van der Waals surface area contributed by atoms with Gasteiger partial charge in [0.05, 0.1) is 6.07 Å². The lowest BCUT2D eigenvalue weighted by Crippen LogP contribution is -2.44. The van der Waals surface area contributed by atoms with Gasteiger partial charge in [0, 0.05) is 17.7 Å². The predicted molar refractivity (Wildman–Crippen MR) is 90.9 cm³/mol. The molecule has 2 saturated carbocycles. The number of benzene rings is 1. The standard InChI is InChI=1S/C19H21N3O2/c20-13-19(11-1-2-12-19)22-17(23)10-5-14-3-6-15(7-4-14)18(24)21-16-8-9-16/h3-7,10,16H,1-2,8-9,11-12H2,(H,21,24)(H,22,23). The van der Waals surface area contributed by atoms with Crippen LogP contribution in [-0.4, -0.2) is 23.4 Å². The molecule has 0 radical (unpaired) electrons. The summed E-state index contributed by atoms with van der Waals surface area (Å²) in [6.07, 6.45) is 8.64. The fraction of sp³-hybridized carbons (Fsp3) is 0.421. The lowest BCUT2D eigenvalue weighted by Gasteiger charge is -2.20. The molecule has 0 aromatic heterocycles. The third kappa shape index (κ3) is 4.02. The number of nitrogens with one attached hydrogen (secondary N) is 2. The molecular formula is C19H21N3O2. The Kier molecular flexibility index (Phi) is 4.66. The minimum atomic E-state index is -0.702.